The van der Waals surface area contributed by atoms with E-state index in [1.54, 1.807) is 0 Å². The number of rotatable bonds is 7. The van der Waals surface area contributed by atoms with Crippen molar-refractivity contribution in [3.8, 4) is 0 Å². The van der Waals surface area contributed by atoms with Crippen molar-refractivity contribution in [1.29, 1.82) is 0 Å². The molecule has 0 saturated heterocycles. The molecule has 2 saturated carbocycles. The fourth-order valence-corrected chi connectivity index (χ4v) is 4.24. The second-order valence-corrected chi connectivity index (χ2v) is 7.13. The Morgan fingerprint density at radius 2 is 1.33 bits per heavy atom. The highest BCUT2D eigenvalue weighted by Crippen LogP contribution is 2.41. The Morgan fingerprint density at radius 1 is 0.810 bits per heavy atom. The molecular weight excluding hydrogens is 260 g/mol. The number of hydrogen-bond acceptors (Lipinski definition) is 2. The van der Waals surface area contributed by atoms with Crippen molar-refractivity contribution in [2.75, 3.05) is 20.3 Å². The molecule has 0 N–H and O–H groups in total. The molecule has 2 fully saturated rings. The van der Waals surface area contributed by atoms with Gasteiger partial charge in [0.05, 0.1) is 12.9 Å². The van der Waals surface area contributed by atoms with Crippen molar-refractivity contribution in [3.05, 3.63) is 12.3 Å². The Kier molecular flexibility index (Phi) is 7.63. The predicted molar refractivity (Wildman–Crippen MR) is 88.2 cm³/mol. The summed E-state index contributed by atoms with van der Waals surface area (Å²) >= 11 is 0. The summed E-state index contributed by atoms with van der Waals surface area (Å²) in [6, 6.07) is 0. The van der Waals surface area contributed by atoms with Gasteiger partial charge in [-0.1, -0.05) is 13.0 Å². The molecule has 122 valence electrons. The van der Waals surface area contributed by atoms with Gasteiger partial charge in [-0.05, 0) is 81.5 Å². The van der Waals surface area contributed by atoms with E-state index >= 15 is 0 Å². The van der Waals surface area contributed by atoms with Gasteiger partial charge in [0.25, 0.3) is 0 Å². The highest BCUT2D eigenvalue weighted by Gasteiger charge is 2.30. The second-order valence-electron chi connectivity index (χ2n) is 7.13. The van der Waals surface area contributed by atoms with Crippen LogP contribution in [-0.2, 0) is 9.47 Å². The van der Waals surface area contributed by atoms with Crippen molar-refractivity contribution in [3.63, 3.8) is 0 Å². The minimum atomic E-state index is 0.799. The van der Waals surface area contributed by atoms with Gasteiger partial charge < -0.3 is 9.47 Å². The van der Waals surface area contributed by atoms with E-state index in [-0.39, 0.29) is 0 Å². The maximum atomic E-state index is 5.64. The summed E-state index contributed by atoms with van der Waals surface area (Å²) in [4.78, 5) is 0. The zero-order valence-electron chi connectivity index (χ0n) is 14.1. The lowest BCUT2D eigenvalue weighted by molar-refractivity contribution is 0.0834. The van der Waals surface area contributed by atoms with E-state index in [2.05, 4.69) is 13.0 Å². The number of hydrogen-bond donors (Lipinski definition) is 0. The van der Waals surface area contributed by atoms with Gasteiger partial charge in [0.2, 0.25) is 0 Å². The molecule has 0 aliphatic heterocycles. The summed E-state index contributed by atoms with van der Waals surface area (Å²) in [5.74, 6) is 3.63. The monoisotopic (exact) mass is 294 g/mol. The lowest BCUT2D eigenvalue weighted by atomic mass is 9.69. The van der Waals surface area contributed by atoms with Crippen LogP contribution >= 0.6 is 0 Å². The molecule has 2 aliphatic rings. The molecule has 0 aromatic carbocycles. The Balaban J connectivity index is 1.62. The largest absolute Gasteiger partial charge is 0.501 e. The number of methoxy groups -OCH3 is 1. The van der Waals surface area contributed by atoms with Crippen LogP contribution in [0.5, 0.6) is 0 Å². The normalized spacial score (nSPS) is 34.2. The third-order valence-electron chi connectivity index (χ3n) is 5.61. The van der Waals surface area contributed by atoms with E-state index < -0.39 is 0 Å². The SMILES string of the molecule is CC/C=C\OCC1CCC([C@H]2CC[C@H](COC)CC2)CC1. The molecule has 0 radical (unpaired) electrons. The van der Waals surface area contributed by atoms with E-state index in [9.17, 15) is 0 Å². The zero-order valence-corrected chi connectivity index (χ0v) is 14.1. The van der Waals surface area contributed by atoms with Gasteiger partial charge in [0.15, 0.2) is 0 Å². The van der Waals surface area contributed by atoms with Crippen LogP contribution in [0.4, 0.5) is 0 Å². The first kappa shape index (κ1) is 16.9. The van der Waals surface area contributed by atoms with Gasteiger partial charge in [-0.25, -0.2) is 0 Å². The third-order valence-corrected chi connectivity index (χ3v) is 5.61. The molecule has 21 heavy (non-hydrogen) atoms. The summed E-state index contributed by atoms with van der Waals surface area (Å²) in [5, 5.41) is 0. The highest BCUT2D eigenvalue weighted by molar-refractivity contribution is 4.82. The van der Waals surface area contributed by atoms with Gasteiger partial charge in [-0.2, -0.15) is 0 Å². The first-order valence-electron chi connectivity index (χ1n) is 9.09. The zero-order chi connectivity index (χ0) is 14.9. The Labute approximate surface area is 131 Å². The first-order valence-corrected chi connectivity index (χ1v) is 9.09. The average molecular weight is 294 g/mol. The molecule has 0 amide bonds. The van der Waals surface area contributed by atoms with Crippen LogP contribution in [0.1, 0.15) is 64.7 Å². The second kappa shape index (κ2) is 9.50. The quantitative estimate of drug-likeness (QED) is 0.602. The minimum absolute atomic E-state index is 0.799. The predicted octanol–water partition coefficient (Wildman–Crippen LogP) is 5.19. The fourth-order valence-electron chi connectivity index (χ4n) is 4.24. The van der Waals surface area contributed by atoms with Crippen LogP contribution in [0.25, 0.3) is 0 Å². The maximum Gasteiger partial charge on any atom is 0.0901 e. The summed E-state index contributed by atoms with van der Waals surface area (Å²) in [5.41, 5.74) is 0. The Hall–Kier alpha value is -0.500. The van der Waals surface area contributed by atoms with Gasteiger partial charge in [0.1, 0.15) is 0 Å². The number of ether oxygens (including phenoxy) is 2. The standard InChI is InChI=1S/C19H34O2/c1-3-4-13-21-15-17-7-11-19(12-8-17)18-9-5-16(6-10-18)14-20-2/h4,13,16-19H,3,5-12,14-15H2,1-2H3/b13-4-/t16-,17?,18-,19?. The van der Waals surface area contributed by atoms with E-state index in [4.69, 9.17) is 9.47 Å². The molecule has 0 aromatic rings. The van der Waals surface area contributed by atoms with E-state index in [1.807, 2.05) is 13.4 Å². The summed E-state index contributed by atoms with van der Waals surface area (Å²) < 4.78 is 11.0. The Bertz CT molecular complexity index is 284. The Morgan fingerprint density at radius 3 is 1.81 bits per heavy atom. The van der Waals surface area contributed by atoms with Crippen LogP contribution in [-0.4, -0.2) is 20.3 Å². The molecule has 2 aliphatic carbocycles. The van der Waals surface area contributed by atoms with E-state index in [0.717, 1.165) is 43.3 Å². The maximum absolute atomic E-state index is 5.64. The molecule has 0 aromatic heterocycles. The summed E-state index contributed by atoms with van der Waals surface area (Å²) in [7, 11) is 1.84. The molecule has 2 heteroatoms. The highest BCUT2D eigenvalue weighted by atomic mass is 16.5. The van der Waals surface area contributed by atoms with E-state index in [0.29, 0.717) is 0 Å². The minimum Gasteiger partial charge on any atom is -0.501 e. The number of allylic oxidation sites excluding steroid dienone is 1. The lowest BCUT2D eigenvalue weighted by Crippen LogP contribution is -2.27. The van der Waals surface area contributed by atoms with Gasteiger partial charge >= 0.3 is 0 Å². The molecule has 0 heterocycles. The van der Waals surface area contributed by atoms with Crippen molar-refractivity contribution in [2.45, 2.75) is 64.7 Å². The molecule has 0 bridgehead atoms. The topological polar surface area (TPSA) is 18.5 Å². The van der Waals surface area contributed by atoms with Crippen LogP contribution in [0.3, 0.4) is 0 Å². The summed E-state index contributed by atoms with van der Waals surface area (Å²) in [6.45, 7) is 4.05. The van der Waals surface area contributed by atoms with Crippen LogP contribution < -0.4 is 0 Å². The van der Waals surface area contributed by atoms with Crippen molar-refractivity contribution < 1.29 is 9.47 Å². The van der Waals surface area contributed by atoms with Crippen molar-refractivity contribution in [2.24, 2.45) is 23.7 Å². The third kappa shape index (κ3) is 5.65. The van der Waals surface area contributed by atoms with Gasteiger partial charge in [-0.3, -0.25) is 0 Å². The van der Waals surface area contributed by atoms with Crippen LogP contribution in [0, 0.1) is 23.7 Å². The molecule has 0 atom stereocenters. The smallest absolute Gasteiger partial charge is 0.0901 e. The van der Waals surface area contributed by atoms with Crippen LogP contribution in [0.15, 0.2) is 12.3 Å². The molecule has 0 spiro atoms. The fraction of sp³-hybridized carbons (Fsp3) is 0.895. The molecule has 0 unspecified atom stereocenters. The summed E-state index contributed by atoms with van der Waals surface area (Å²) in [6.07, 6.45) is 16.4. The van der Waals surface area contributed by atoms with Crippen molar-refractivity contribution in [1.82, 2.24) is 0 Å². The molecular formula is C19H34O2. The van der Waals surface area contributed by atoms with Gasteiger partial charge in [0, 0.05) is 13.7 Å². The van der Waals surface area contributed by atoms with Crippen molar-refractivity contribution >= 4 is 0 Å². The molecule has 2 nitrogen and oxygen atoms in total. The van der Waals surface area contributed by atoms with Crippen LogP contribution in [0.2, 0.25) is 0 Å². The molecule has 2 rings (SSSR count). The average Bonchev–Trinajstić information content (AvgIpc) is 2.53. The lowest BCUT2D eigenvalue weighted by Gasteiger charge is -2.37. The van der Waals surface area contributed by atoms with E-state index in [1.165, 1.54) is 51.4 Å². The van der Waals surface area contributed by atoms with Gasteiger partial charge in [-0.15, -0.1) is 0 Å². The first-order chi connectivity index (χ1) is 10.3.